The lowest BCUT2D eigenvalue weighted by Crippen LogP contribution is -2.35. The van der Waals surface area contributed by atoms with Crippen LogP contribution in [0.25, 0.3) is 0 Å². The van der Waals surface area contributed by atoms with E-state index < -0.39 is 12.2 Å². The van der Waals surface area contributed by atoms with E-state index in [1.165, 1.54) is 0 Å². The van der Waals surface area contributed by atoms with E-state index in [0.29, 0.717) is 18.4 Å². The maximum absolute atomic E-state index is 12.2. The third kappa shape index (κ3) is 11.2. The van der Waals surface area contributed by atoms with Crippen LogP contribution in [0.3, 0.4) is 0 Å². The fraction of sp³-hybridized carbons (Fsp3) is 0.385. The summed E-state index contributed by atoms with van der Waals surface area (Å²) in [6.45, 7) is 18.2. The molecule has 0 saturated heterocycles. The van der Waals surface area contributed by atoms with Gasteiger partial charge in [-0.3, -0.25) is 9.59 Å². The van der Waals surface area contributed by atoms with E-state index in [2.05, 4.69) is 39.0 Å². The van der Waals surface area contributed by atoms with Crippen LogP contribution in [0.15, 0.2) is 130 Å². The third-order valence-electron chi connectivity index (χ3n) is 7.92. The molecule has 0 aliphatic heterocycles. The molecule has 4 nitrogen and oxygen atoms in total. The summed E-state index contributed by atoms with van der Waals surface area (Å²) >= 11 is 0. The number of hydrogen-bond acceptors (Lipinski definition) is 4. The average Bonchev–Trinajstić information content (AvgIpc) is 2.90. The summed E-state index contributed by atoms with van der Waals surface area (Å²) in [5.41, 5.74) is 6.47. The largest absolute Gasteiger partial charge is 0.385 e. The minimum absolute atomic E-state index is 0.175. The quantitative estimate of drug-likeness (QED) is 0.253. The fourth-order valence-electron chi connectivity index (χ4n) is 5.12. The second-order valence-corrected chi connectivity index (χ2v) is 13.0. The Hall–Kier alpha value is -3.60. The van der Waals surface area contributed by atoms with Crippen LogP contribution in [0, 0.1) is 10.8 Å². The average molecular weight is 583 g/mol. The normalized spacial score (nSPS) is 24.6. The van der Waals surface area contributed by atoms with Crippen molar-refractivity contribution in [2.24, 2.45) is 10.8 Å². The number of Topliss-reactive ketones (excluding diaryl/α,β-unsaturated/α-hetero) is 1. The van der Waals surface area contributed by atoms with Gasteiger partial charge < -0.3 is 10.2 Å². The van der Waals surface area contributed by atoms with Crippen LogP contribution in [-0.2, 0) is 9.59 Å². The van der Waals surface area contributed by atoms with Gasteiger partial charge in [-0.2, -0.15) is 0 Å². The Labute approximate surface area is 259 Å². The first-order chi connectivity index (χ1) is 20.0. The standard InChI is InChI=1S/C39H50O4/c1-27(16-12-18-29(3)20-22-32-24-34(40)35(41)25-38(32,6)7)14-10-11-15-28(2)17-13-19-30(4)21-23-33-31(5)37(43)36(42)26-39(33,8)9/h10-24,35-36,41-42H,25-26H2,1-9H3/b11-10+,16-12+,17-13+,22-20+,23-21+,27-14+,28-15+,29-18+,30-19+/t35-,36-/m1/s1. The summed E-state index contributed by atoms with van der Waals surface area (Å²) in [4.78, 5) is 24.1. The van der Waals surface area contributed by atoms with Crippen molar-refractivity contribution in [3.8, 4) is 0 Å². The minimum Gasteiger partial charge on any atom is -0.385 e. The maximum Gasteiger partial charge on any atom is 0.187 e. The highest BCUT2D eigenvalue weighted by molar-refractivity contribution is 6.00. The van der Waals surface area contributed by atoms with Gasteiger partial charge in [-0.1, -0.05) is 135 Å². The molecule has 2 aliphatic rings. The van der Waals surface area contributed by atoms with Gasteiger partial charge in [0.2, 0.25) is 0 Å². The number of carbonyl (C=O) groups is 2. The molecular weight excluding hydrogens is 532 g/mol. The molecule has 0 aromatic carbocycles. The Balaban J connectivity index is 1.92. The SMILES string of the molecule is CC1=C(/C=C/C(C)=C/C=C/C(C)=C/C=C/C=C(C)/C=C/C=C(C)/C=C/C2=CC(=O)[C@H](O)CC2(C)C)C(C)(C)C[C@@H](O)C1=O. The highest BCUT2D eigenvalue weighted by atomic mass is 16.3. The summed E-state index contributed by atoms with van der Waals surface area (Å²) in [5, 5.41) is 19.9. The Morgan fingerprint density at radius 1 is 0.674 bits per heavy atom. The molecular formula is C39H50O4. The van der Waals surface area contributed by atoms with Crippen LogP contribution in [0.4, 0.5) is 0 Å². The topological polar surface area (TPSA) is 74.6 Å². The van der Waals surface area contributed by atoms with E-state index in [0.717, 1.165) is 33.4 Å². The number of aliphatic hydroxyl groups is 2. The van der Waals surface area contributed by atoms with Gasteiger partial charge in [-0.25, -0.2) is 0 Å². The van der Waals surface area contributed by atoms with Crippen molar-refractivity contribution in [2.75, 3.05) is 0 Å². The first kappa shape index (κ1) is 35.6. The predicted octanol–water partition coefficient (Wildman–Crippen LogP) is 8.52. The van der Waals surface area contributed by atoms with E-state index >= 15 is 0 Å². The Morgan fingerprint density at radius 2 is 1.12 bits per heavy atom. The van der Waals surface area contributed by atoms with Crippen LogP contribution < -0.4 is 0 Å². The number of rotatable bonds is 10. The smallest absolute Gasteiger partial charge is 0.187 e. The van der Waals surface area contributed by atoms with Gasteiger partial charge in [0.1, 0.15) is 12.2 Å². The van der Waals surface area contributed by atoms with Crippen LogP contribution in [0.5, 0.6) is 0 Å². The monoisotopic (exact) mass is 582 g/mol. The van der Waals surface area contributed by atoms with Crippen LogP contribution in [0.1, 0.15) is 75.2 Å². The molecule has 2 rings (SSSR count). The molecule has 0 radical (unpaired) electrons. The summed E-state index contributed by atoms with van der Waals surface area (Å²) in [6.07, 6.45) is 29.0. The van der Waals surface area contributed by atoms with Gasteiger partial charge >= 0.3 is 0 Å². The van der Waals surface area contributed by atoms with E-state index in [1.807, 2.05) is 101 Å². The highest BCUT2D eigenvalue weighted by Crippen LogP contribution is 2.40. The zero-order valence-corrected chi connectivity index (χ0v) is 27.4. The Bertz CT molecular complexity index is 1400. The molecule has 0 spiro atoms. The first-order valence-corrected chi connectivity index (χ1v) is 15.0. The number of ketones is 2. The molecule has 0 fully saturated rings. The molecule has 43 heavy (non-hydrogen) atoms. The van der Waals surface area contributed by atoms with E-state index in [1.54, 1.807) is 13.0 Å². The summed E-state index contributed by atoms with van der Waals surface area (Å²) < 4.78 is 0. The van der Waals surface area contributed by atoms with Gasteiger partial charge in [0.25, 0.3) is 0 Å². The molecule has 0 amide bonds. The van der Waals surface area contributed by atoms with Gasteiger partial charge in [0.15, 0.2) is 11.6 Å². The predicted molar refractivity (Wildman–Crippen MR) is 180 cm³/mol. The maximum atomic E-state index is 12.2. The number of allylic oxidation sites excluding steroid dienone is 20. The highest BCUT2D eigenvalue weighted by Gasteiger charge is 2.36. The second kappa shape index (κ2) is 15.7. The van der Waals surface area contributed by atoms with E-state index in [9.17, 15) is 19.8 Å². The molecule has 230 valence electrons. The van der Waals surface area contributed by atoms with Crippen molar-refractivity contribution in [3.05, 3.63) is 130 Å². The molecule has 0 aromatic heterocycles. The molecule has 0 heterocycles. The zero-order valence-electron chi connectivity index (χ0n) is 27.4. The number of hydrogen-bond donors (Lipinski definition) is 2. The second-order valence-electron chi connectivity index (χ2n) is 13.0. The minimum atomic E-state index is -0.906. The summed E-state index contributed by atoms with van der Waals surface area (Å²) in [6, 6.07) is 0. The lowest BCUT2D eigenvalue weighted by molar-refractivity contribution is -0.125. The fourth-order valence-corrected chi connectivity index (χ4v) is 5.12. The van der Waals surface area contributed by atoms with E-state index in [4.69, 9.17) is 0 Å². The molecule has 2 aliphatic carbocycles. The Kier molecular flexibility index (Phi) is 13.0. The number of carbonyl (C=O) groups excluding carboxylic acids is 2. The summed E-state index contributed by atoms with van der Waals surface area (Å²) in [5.74, 6) is -0.396. The van der Waals surface area contributed by atoms with Gasteiger partial charge in [-0.05, 0) is 81.1 Å². The van der Waals surface area contributed by atoms with Crippen molar-refractivity contribution in [3.63, 3.8) is 0 Å². The Morgan fingerprint density at radius 3 is 1.65 bits per heavy atom. The molecule has 0 aromatic rings. The molecule has 0 saturated carbocycles. The summed E-state index contributed by atoms with van der Waals surface area (Å²) in [7, 11) is 0. The molecule has 0 bridgehead atoms. The van der Waals surface area contributed by atoms with Crippen molar-refractivity contribution in [2.45, 2.75) is 87.4 Å². The van der Waals surface area contributed by atoms with Crippen molar-refractivity contribution in [1.29, 1.82) is 0 Å². The zero-order chi connectivity index (χ0) is 32.4. The van der Waals surface area contributed by atoms with Gasteiger partial charge in [0, 0.05) is 0 Å². The molecule has 0 unspecified atom stereocenters. The van der Waals surface area contributed by atoms with Crippen molar-refractivity contribution in [1.82, 2.24) is 0 Å². The molecule has 2 atom stereocenters. The van der Waals surface area contributed by atoms with Crippen LogP contribution >= 0.6 is 0 Å². The molecule has 2 N–H and O–H groups in total. The van der Waals surface area contributed by atoms with Crippen molar-refractivity contribution < 1.29 is 19.8 Å². The van der Waals surface area contributed by atoms with Crippen molar-refractivity contribution >= 4 is 11.6 Å². The lowest BCUT2D eigenvalue weighted by Gasteiger charge is -2.34. The van der Waals surface area contributed by atoms with Gasteiger partial charge in [-0.15, -0.1) is 0 Å². The van der Waals surface area contributed by atoms with Crippen LogP contribution in [0.2, 0.25) is 0 Å². The van der Waals surface area contributed by atoms with E-state index in [-0.39, 0.29) is 22.4 Å². The lowest BCUT2D eigenvalue weighted by atomic mass is 9.71. The third-order valence-corrected chi connectivity index (χ3v) is 7.92. The van der Waals surface area contributed by atoms with Gasteiger partial charge in [0.05, 0.1) is 0 Å². The van der Waals surface area contributed by atoms with Crippen LogP contribution in [-0.4, -0.2) is 34.0 Å². The number of aliphatic hydroxyl groups excluding tert-OH is 2. The molecule has 4 heteroatoms. The first-order valence-electron chi connectivity index (χ1n) is 15.0.